The number of nitrogen functional groups attached to an aromatic ring is 1. The lowest BCUT2D eigenvalue weighted by molar-refractivity contribution is 1.19. The Hall–Kier alpha value is -1.91. The van der Waals surface area contributed by atoms with Gasteiger partial charge in [0, 0.05) is 6.07 Å². The SMILES string of the molecule is Nc1ncc2[nH]c(=O)ccc2n1. The van der Waals surface area contributed by atoms with Gasteiger partial charge in [-0.25, -0.2) is 9.97 Å². The molecule has 0 saturated carbocycles. The van der Waals surface area contributed by atoms with E-state index >= 15 is 0 Å². The molecule has 0 aromatic carbocycles. The molecule has 2 heterocycles. The van der Waals surface area contributed by atoms with Gasteiger partial charge < -0.3 is 10.7 Å². The van der Waals surface area contributed by atoms with E-state index in [1.54, 1.807) is 6.07 Å². The third kappa shape index (κ3) is 1.01. The van der Waals surface area contributed by atoms with Crippen LogP contribution in [0, 0.1) is 0 Å². The van der Waals surface area contributed by atoms with Crippen LogP contribution < -0.4 is 11.3 Å². The second kappa shape index (κ2) is 2.30. The molecule has 2 aromatic heterocycles. The third-order valence-electron chi connectivity index (χ3n) is 1.49. The van der Waals surface area contributed by atoms with Gasteiger partial charge >= 0.3 is 0 Å². The van der Waals surface area contributed by atoms with Crippen molar-refractivity contribution in [3.8, 4) is 0 Å². The fourth-order valence-corrected chi connectivity index (χ4v) is 0.962. The monoisotopic (exact) mass is 162 g/mol. The molecule has 0 bridgehead atoms. The van der Waals surface area contributed by atoms with Gasteiger partial charge in [0.2, 0.25) is 11.5 Å². The lowest BCUT2D eigenvalue weighted by Crippen LogP contribution is -2.04. The first-order valence-electron chi connectivity index (χ1n) is 3.37. The topological polar surface area (TPSA) is 84.7 Å². The molecule has 0 amide bonds. The van der Waals surface area contributed by atoms with E-state index in [9.17, 15) is 4.79 Å². The summed E-state index contributed by atoms with van der Waals surface area (Å²) in [7, 11) is 0. The van der Waals surface area contributed by atoms with E-state index in [0.717, 1.165) is 0 Å². The van der Waals surface area contributed by atoms with Crippen LogP contribution in [0.15, 0.2) is 23.1 Å². The molecule has 0 unspecified atom stereocenters. The minimum Gasteiger partial charge on any atom is -0.368 e. The van der Waals surface area contributed by atoms with E-state index in [1.807, 2.05) is 0 Å². The number of nitrogens with zero attached hydrogens (tertiary/aromatic N) is 2. The minimum atomic E-state index is -0.170. The Morgan fingerprint density at radius 2 is 2.25 bits per heavy atom. The molecule has 5 heteroatoms. The molecule has 2 rings (SSSR count). The average molecular weight is 162 g/mol. The fraction of sp³-hybridized carbons (Fsp3) is 0. The Bertz CT molecular complexity index is 476. The zero-order valence-corrected chi connectivity index (χ0v) is 6.11. The predicted molar refractivity (Wildman–Crippen MR) is 44.6 cm³/mol. The smallest absolute Gasteiger partial charge is 0.248 e. The Balaban J connectivity index is 2.87. The first kappa shape index (κ1) is 6.78. The Labute approximate surface area is 67.3 Å². The van der Waals surface area contributed by atoms with Crippen molar-refractivity contribution in [2.24, 2.45) is 0 Å². The number of nitrogens with one attached hydrogen (secondary N) is 1. The maximum Gasteiger partial charge on any atom is 0.248 e. The van der Waals surface area contributed by atoms with Gasteiger partial charge in [-0.1, -0.05) is 0 Å². The van der Waals surface area contributed by atoms with Gasteiger partial charge in [-0.15, -0.1) is 0 Å². The fourth-order valence-electron chi connectivity index (χ4n) is 0.962. The van der Waals surface area contributed by atoms with Gasteiger partial charge in [-0.05, 0) is 6.07 Å². The van der Waals surface area contributed by atoms with E-state index in [-0.39, 0.29) is 11.5 Å². The molecule has 0 saturated heterocycles. The van der Waals surface area contributed by atoms with Crippen molar-refractivity contribution in [3.63, 3.8) is 0 Å². The number of H-pyrrole nitrogens is 1. The Kier molecular flexibility index (Phi) is 1.30. The molecule has 0 radical (unpaired) electrons. The number of aromatic amines is 1. The summed E-state index contributed by atoms with van der Waals surface area (Å²) in [5, 5.41) is 0. The second-order valence-electron chi connectivity index (χ2n) is 2.35. The number of nitrogens with two attached hydrogens (primary N) is 1. The first-order valence-corrected chi connectivity index (χ1v) is 3.37. The van der Waals surface area contributed by atoms with Crippen molar-refractivity contribution in [2.45, 2.75) is 0 Å². The summed E-state index contributed by atoms with van der Waals surface area (Å²) < 4.78 is 0. The zero-order chi connectivity index (χ0) is 8.55. The predicted octanol–water partition coefficient (Wildman–Crippen LogP) is -0.0997. The van der Waals surface area contributed by atoms with Crippen LogP contribution in [-0.2, 0) is 0 Å². The minimum absolute atomic E-state index is 0.170. The largest absolute Gasteiger partial charge is 0.368 e. The van der Waals surface area contributed by atoms with Gasteiger partial charge in [-0.3, -0.25) is 4.79 Å². The molecule has 0 spiro atoms. The first-order chi connectivity index (χ1) is 5.75. The number of fused-ring (bicyclic) bond motifs is 1. The van der Waals surface area contributed by atoms with Crippen LogP contribution in [-0.4, -0.2) is 15.0 Å². The van der Waals surface area contributed by atoms with E-state index in [2.05, 4.69) is 15.0 Å². The molecule has 5 nitrogen and oxygen atoms in total. The highest BCUT2D eigenvalue weighted by atomic mass is 16.1. The van der Waals surface area contributed by atoms with Crippen molar-refractivity contribution >= 4 is 17.0 Å². The van der Waals surface area contributed by atoms with Crippen molar-refractivity contribution in [1.29, 1.82) is 0 Å². The van der Waals surface area contributed by atoms with Crippen LogP contribution >= 0.6 is 0 Å². The van der Waals surface area contributed by atoms with Gasteiger partial charge in [0.05, 0.1) is 17.2 Å². The summed E-state index contributed by atoms with van der Waals surface area (Å²) in [6.07, 6.45) is 1.49. The van der Waals surface area contributed by atoms with E-state index in [4.69, 9.17) is 5.73 Å². The van der Waals surface area contributed by atoms with E-state index in [1.165, 1.54) is 12.3 Å². The van der Waals surface area contributed by atoms with Crippen molar-refractivity contribution < 1.29 is 0 Å². The number of hydrogen-bond acceptors (Lipinski definition) is 4. The zero-order valence-electron chi connectivity index (χ0n) is 6.11. The molecule has 12 heavy (non-hydrogen) atoms. The maximum atomic E-state index is 10.8. The van der Waals surface area contributed by atoms with Crippen LogP contribution in [0.5, 0.6) is 0 Å². The molecule has 0 fully saturated rings. The molecular weight excluding hydrogens is 156 g/mol. The summed E-state index contributed by atoms with van der Waals surface area (Å²) in [5.74, 6) is 0.203. The van der Waals surface area contributed by atoms with E-state index < -0.39 is 0 Å². The molecular formula is C7H6N4O. The van der Waals surface area contributed by atoms with Crippen molar-refractivity contribution in [3.05, 3.63) is 28.7 Å². The highest BCUT2D eigenvalue weighted by molar-refractivity contribution is 5.73. The number of hydrogen-bond donors (Lipinski definition) is 2. The number of pyridine rings is 1. The Morgan fingerprint density at radius 1 is 1.42 bits per heavy atom. The molecule has 0 aliphatic heterocycles. The van der Waals surface area contributed by atoms with Crippen LogP contribution in [0.25, 0.3) is 11.0 Å². The lowest BCUT2D eigenvalue weighted by atomic mass is 10.4. The number of rotatable bonds is 0. The summed E-state index contributed by atoms with van der Waals surface area (Å²) >= 11 is 0. The molecule has 0 aliphatic carbocycles. The van der Waals surface area contributed by atoms with E-state index in [0.29, 0.717) is 11.0 Å². The van der Waals surface area contributed by atoms with Crippen LogP contribution in [0.2, 0.25) is 0 Å². The van der Waals surface area contributed by atoms with Crippen molar-refractivity contribution in [2.75, 3.05) is 5.73 Å². The number of anilines is 1. The second-order valence-corrected chi connectivity index (χ2v) is 2.35. The highest BCUT2D eigenvalue weighted by Gasteiger charge is 1.95. The molecule has 0 aliphatic rings. The molecule has 0 atom stereocenters. The third-order valence-corrected chi connectivity index (χ3v) is 1.49. The molecule has 3 N–H and O–H groups in total. The van der Waals surface area contributed by atoms with Crippen LogP contribution in [0.1, 0.15) is 0 Å². The van der Waals surface area contributed by atoms with Crippen LogP contribution in [0.3, 0.4) is 0 Å². The van der Waals surface area contributed by atoms with Gasteiger partial charge in [0.1, 0.15) is 0 Å². The molecule has 2 aromatic rings. The lowest BCUT2D eigenvalue weighted by Gasteiger charge is -1.95. The quantitative estimate of drug-likeness (QED) is 0.566. The van der Waals surface area contributed by atoms with Gasteiger partial charge in [-0.2, -0.15) is 0 Å². The highest BCUT2D eigenvalue weighted by Crippen LogP contribution is 2.04. The summed E-state index contributed by atoms with van der Waals surface area (Å²) in [6.45, 7) is 0. The number of aromatic nitrogens is 3. The molecule has 60 valence electrons. The summed E-state index contributed by atoms with van der Waals surface area (Å²) in [6, 6.07) is 3.00. The average Bonchev–Trinajstić information content (AvgIpc) is 2.05. The van der Waals surface area contributed by atoms with Gasteiger partial charge in [0.15, 0.2) is 0 Å². The standard InChI is InChI=1S/C7H6N4O/c8-7-9-3-5-4(11-7)1-2-6(12)10-5/h1-3H,(H,10,12)(H2,8,9,11). The Morgan fingerprint density at radius 3 is 3.08 bits per heavy atom. The van der Waals surface area contributed by atoms with Gasteiger partial charge in [0.25, 0.3) is 0 Å². The normalized spacial score (nSPS) is 10.3. The van der Waals surface area contributed by atoms with Crippen molar-refractivity contribution in [1.82, 2.24) is 15.0 Å². The summed E-state index contributed by atoms with van der Waals surface area (Å²) in [4.78, 5) is 21.1. The maximum absolute atomic E-state index is 10.8. The van der Waals surface area contributed by atoms with Crippen LogP contribution in [0.4, 0.5) is 5.95 Å². The summed E-state index contributed by atoms with van der Waals surface area (Å²) in [5.41, 5.74) is 6.41.